The van der Waals surface area contributed by atoms with Gasteiger partial charge in [-0.25, -0.2) is 0 Å². The summed E-state index contributed by atoms with van der Waals surface area (Å²) in [4.78, 5) is 17.4. The topological polar surface area (TPSA) is 42.0 Å². The molecule has 0 atom stereocenters. The van der Waals surface area contributed by atoms with Gasteiger partial charge in [0.15, 0.2) is 0 Å². The predicted octanol–water partition coefficient (Wildman–Crippen LogP) is 4.06. The molecule has 0 saturated heterocycles. The quantitative estimate of drug-likeness (QED) is 0.786. The van der Waals surface area contributed by atoms with Crippen molar-refractivity contribution < 1.29 is 4.79 Å². The van der Waals surface area contributed by atoms with Crippen LogP contribution in [0.1, 0.15) is 10.4 Å². The lowest BCUT2D eigenvalue weighted by atomic mass is 10.1. The number of anilines is 1. The van der Waals surface area contributed by atoms with Crippen molar-refractivity contribution in [1.29, 1.82) is 0 Å². The van der Waals surface area contributed by atoms with Gasteiger partial charge in [0.05, 0.1) is 5.56 Å². The highest BCUT2D eigenvalue weighted by atomic mass is 32.1. The van der Waals surface area contributed by atoms with Gasteiger partial charge in [0, 0.05) is 28.5 Å². The van der Waals surface area contributed by atoms with Crippen molar-refractivity contribution in [2.24, 2.45) is 0 Å². The molecule has 0 fully saturated rings. The normalized spacial score (nSPS) is 10.2. The zero-order valence-corrected chi connectivity index (χ0v) is 11.4. The number of pyridine rings is 1. The molecule has 3 nitrogen and oxygen atoms in total. The second kappa shape index (κ2) is 5.67. The summed E-state index contributed by atoms with van der Waals surface area (Å²) in [7, 11) is 0. The Labute approximate surface area is 120 Å². The van der Waals surface area contributed by atoms with E-state index in [1.165, 1.54) is 0 Å². The lowest BCUT2D eigenvalue weighted by molar-refractivity contribution is 0.102. The molecule has 98 valence electrons. The predicted molar refractivity (Wildman–Crippen MR) is 81.9 cm³/mol. The molecule has 2 aromatic heterocycles. The van der Waals surface area contributed by atoms with Gasteiger partial charge in [-0.1, -0.05) is 24.3 Å². The SMILES string of the molecule is O=C(Nc1ccccc1)c1cncc(-c2cccs2)c1. The molecule has 3 rings (SSSR count). The minimum atomic E-state index is -0.151. The summed E-state index contributed by atoms with van der Waals surface area (Å²) in [5.74, 6) is -0.151. The molecule has 20 heavy (non-hydrogen) atoms. The van der Waals surface area contributed by atoms with Gasteiger partial charge in [0.2, 0.25) is 0 Å². The lowest BCUT2D eigenvalue weighted by Gasteiger charge is -2.05. The van der Waals surface area contributed by atoms with Gasteiger partial charge >= 0.3 is 0 Å². The number of aromatic nitrogens is 1. The largest absolute Gasteiger partial charge is 0.322 e. The summed E-state index contributed by atoms with van der Waals surface area (Å²) >= 11 is 1.63. The maximum atomic E-state index is 12.2. The van der Waals surface area contributed by atoms with Crippen LogP contribution in [0.3, 0.4) is 0 Å². The first-order valence-corrected chi connectivity index (χ1v) is 7.06. The van der Waals surface area contributed by atoms with Crippen LogP contribution in [0.2, 0.25) is 0 Å². The molecule has 3 aromatic rings. The van der Waals surface area contributed by atoms with Crippen LogP contribution in [0, 0.1) is 0 Å². The molecule has 0 bridgehead atoms. The highest BCUT2D eigenvalue weighted by Crippen LogP contribution is 2.24. The fourth-order valence-electron chi connectivity index (χ4n) is 1.87. The second-order valence-corrected chi connectivity index (χ2v) is 5.21. The standard InChI is InChI=1S/C16H12N2OS/c19-16(18-14-5-2-1-3-6-14)13-9-12(10-17-11-13)15-7-4-8-20-15/h1-11H,(H,18,19). The van der Waals surface area contributed by atoms with E-state index in [-0.39, 0.29) is 5.91 Å². The van der Waals surface area contributed by atoms with Crippen LogP contribution in [0.25, 0.3) is 10.4 Å². The van der Waals surface area contributed by atoms with Crippen LogP contribution < -0.4 is 5.32 Å². The smallest absolute Gasteiger partial charge is 0.257 e. The number of amides is 1. The first-order valence-electron chi connectivity index (χ1n) is 6.18. The Hall–Kier alpha value is -2.46. The third-order valence-corrected chi connectivity index (χ3v) is 3.76. The average molecular weight is 280 g/mol. The maximum Gasteiger partial charge on any atom is 0.257 e. The second-order valence-electron chi connectivity index (χ2n) is 4.26. The van der Waals surface area contributed by atoms with E-state index in [9.17, 15) is 4.79 Å². The van der Waals surface area contributed by atoms with Crippen molar-refractivity contribution >= 4 is 22.9 Å². The minimum absolute atomic E-state index is 0.151. The van der Waals surface area contributed by atoms with Gasteiger partial charge in [-0.05, 0) is 29.6 Å². The van der Waals surface area contributed by atoms with Crippen molar-refractivity contribution in [2.75, 3.05) is 5.32 Å². The van der Waals surface area contributed by atoms with E-state index in [2.05, 4.69) is 10.3 Å². The van der Waals surface area contributed by atoms with Gasteiger partial charge in [0.1, 0.15) is 0 Å². The Kier molecular flexibility index (Phi) is 3.56. The number of carbonyl (C=O) groups excluding carboxylic acids is 1. The third kappa shape index (κ3) is 2.75. The molecular weight excluding hydrogens is 268 g/mol. The number of para-hydroxylation sites is 1. The van der Waals surface area contributed by atoms with Gasteiger partial charge in [-0.3, -0.25) is 9.78 Å². The summed E-state index contributed by atoms with van der Waals surface area (Å²) < 4.78 is 0. The molecule has 1 N–H and O–H groups in total. The summed E-state index contributed by atoms with van der Waals surface area (Å²) in [5, 5.41) is 4.86. The monoisotopic (exact) mass is 280 g/mol. The van der Waals surface area contributed by atoms with Crippen LogP contribution in [0.5, 0.6) is 0 Å². The number of nitrogens with one attached hydrogen (secondary N) is 1. The Morgan fingerprint density at radius 3 is 2.65 bits per heavy atom. The summed E-state index contributed by atoms with van der Waals surface area (Å²) in [6, 6.07) is 15.2. The van der Waals surface area contributed by atoms with Crippen molar-refractivity contribution in [3.05, 3.63) is 71.9 Å². The van der Waals surface area contributed by atoms with Crippen LogP contribution in [0.15, 0.2) is 66.3 Å². The highest BCUT2D eigenvalue weighted by Gasteiger charge is 2.08. The number of thiophene rings is 1. The molecule has 1 amide bonds. The van der Waals surface area contributed by atoms with E-state index in [1.807, 2.05) is 53.9 Å². The molecule has 1 aromatic carbocycles. The Morgan fingerprint density at radius 1 is 1.05 bits per heavy atom. The van der Waals surface area contributed by atoms with Crippen molar-refractivity contribution in [3.8, 4) is 10.4 Å². The number of nitrogens with zero attached hydrogens (tertiary/aromatic N) is 1. The maximum absolute atomic E-state index is 12.2. The van der Waals surface area contributed by atoms with Crippen molar-refractivity contribution in [3.63, 3.8) is 0 Å². The van der Waals surface area contributed by atoms with Crippen LogP contribution in [-0.4, -0.2) is 10.9 Å². The van der Waals surface area contributed by atoms with Crippen molar-refractivity contribution in [1.82, 2.24) is 4.98 Å². The highest BCUT2D eigenvalue weighted by molar-refractivity contribution is 7.13. The zero-order chi connectivity index (χ0) is 13.8. The molecule has 0 aliphatic carbocycles. The van der Waals surface area contributed by atoms with Gasteiger partial charge in [-0.2, -0.15) is 0 Å². The molecule has 0 unspecified atom stereocenters. The van der Waals surface area contributed by atoms with E-state index >= 15 is 0 Å². The summed E-state index contributed by atoms with van der Waals surface area (Å²) in [5.41, 5.74) is 2.29. The molecule has 0 aliphatic rings. The molecule has 2 heterocycles. The zero-order valence-electron chi connectivity index (χ0n) is 10.6. The van der Waals surface area contributed by atoms with Gasteiger partial charge < -0.3 is 5.32 Å². The van der Waals surface area contributed by atoms with E-state index in [0.29, 0.717) is 5.56 Å². The first kappa shape index (κ1) is 12.6. The van der Waals surface area contributed by atoms with Crippen LogP contribution >= 0.6 is 11.3 Å². The van der Waals surface area contributed by atoms with E-state index in [0.717, 1.165) is 16.1 Å². The Morgan fingerprint density at radius 2 is 1.90 bits per heavy atom. The fraction of sp³-hybridized carbons (Fsp3) is 0. The molecular formula is C16H12N2OS. The average Bonchev–Trinajstić information content (AvgIpc) is 3.03. The van der Waals surface area contributed by atoms with Crippen LogP contribution in [-0.2, 0) is 0 Å². The molecule has 4 heteroatoms. The van der Waals surface area contributed by atoms with Gasteiger partial charge in [0.25, 0.3) is 5.91 Å². The number of carbonyl (C=O) groups is 1. The van der Waals surface area contributed by atoms with E-state index in [1.54, 1.807) is 23.7 Å². The minimum Gasteiger partial charge on any atom is -0.322 e. The fourth-order valence-corrected chi connectivity index (χ4v) is 2.58. The molecule has 0 spiro atoms. The van der Waals surface area contributed by atoms with E-state index in [4.69, 9.17) is 0 Å². The Bertz CT molecular complexity index is 708. The van der Waals surface area contributed by atoms with E-state index < -0.39 is 0 Å². The summed E-state index contributed by atoms with van der Waals surface area (Å²) in [6.07, 6.45) is 3.35. The molecule has 0 aliphatic heterocycles. The Balaban J connectivity index is 1.84. The van der Waals surface area contributed by atoms with Crippen LogP contribution in [0.4, 0.5) is 5.69 Å². The number of hydrogen-bond acceptors (Lipinski definition) is 3. The summed E-state index contributed by atoms with van der Waals surface area (Å²) in [6.45, 7) is 0. The first-order chi connectivity index (χ1) is 9.83. The lowest BCUT2D eigenvalue weighted by Crippen LogP contribution is -2.12. The molecule has 0 saturated carbocycles. The number of hydrogen-bond donors (Lipinski definition) is 1. The van der Waals surface area contributed by atoms with Gasteiger partial charge in [-0.15, -0.1) is 11.3 Å². The number of benzene rings is 1. The number of rotatable bonds is 3. The molecule has 0 radical (unpaired) electrons. The van der Waals surface area contributed by atoms with Crippen molar-refractivity contribution in [2.45, 2.75) is 0 Å². The third-order valence-electron chi connectivity index (χ3n) is 2.84.